The van der Waals surface area contributed by atoms with E-state index in [-0.39, 0.29) is 11.9 Å². The quantitative estimate of drug-likeness (QED) is 0.715. The molecule has 1 aliphatic rings. The summed E-state index contributed by atoms with van der Waals surface area (Å²) in [5.41, 5.74) is 4.17. The van der Waals surface area contributed by atoms with Crippen LogP contribution in [0, 0.1) is 5.82 Å². The van der Waals surface area contributed by atoms with Crippen LogP contribution in [0.25, 0.3) is 5.76 Å². The fourth-order valence-corrected chi connectivity index (χ4v) is 3.46. The summed E-state index contributed by atoms with van der Waals surface area (Å²) in [4.78, 5) is 2.31. The normalized spacial score (nSPS) is 16.0. The number of aromatic amines is 1. The van der Waals surface area contributed by atoms with Gasteiger partial charge in [0.15, 0.2) is 0 Å². The first-order chi connectivity index (χ1) is 13.3. The van der Waals surface area contributed by atoms with Crippen LogP contribution in [-0.4, -0.2) is 28.6 Å². The van der Waals surface area contributed by atoms with E-state index in [0.29, 0.717) is 6.61 Å². The molecule has 0 fully saturated rings. The molecule has 1 aromatic heterocycles. The van der Waals surface area contributed by atoms with Crippen molar-refractivity contribution >= 4 is 11.4 Å². The molecule has 0 spiro atoms. The highest BCUT2D eigenvalue weighted by Crippen LogP contribution is 2.40. The SMILES string of the molecule is CCOC1=CC(c2ccc(F)cc2)N(CCc2cnn[nH]2)c2ccccc21. The summed E-state index contributed by atoms with van der Waals surface area (Å²) in [6, 6.07) is 14.8. The van der Waals surface area contributed by atoms with Gasteiger partial charge in [-0.2, -0.15) is 0 Å². The fourth-order valence-electron chi connectivity index (χ4n) is 3.46. The van der Waals surface area contributed by atoms with Gasteiger partial charge >= 0.3 is 0 Å². The number of nitrogens with one attached hydrogen (secondary N) is 1. The molecule has 1 unspecified atom stereocenters. The average Bonchev–Trinajstić information content (AvgIpc) is 3.21. The second kappa shape index (κ2) is 7.61. The van der Waals surface area contributed by atoms with Crippen molar-refractivity contribution in [2.75, 3.05) is 18.1 Å². The third-order valence-electron chi connectivity index (χ3n) is 4.72. The molecule has 0 saturated heterocycles. The second-order valence-corrected chi connectivity index (χ2v) is 6.40. The van der Waals surface area contributed by atoms with Crippen LogP contribution >= 0.6 is 0 Å². The Bertz CT molecular complexity index is 922. The lowest BCUT2D eigenvalue weighted by atomic mass is 9.95. The summed E-state index contributed by atoms with van der Waals surface area (Å²) in [7, 11) is 0. The maximum atomic E-state index is 13.4. The van der Waals surface area contributed by atoms with Crippen molar-refractivity contribution in [1.82, 2.24) is 15.4 Å². The molecule has 2 aromatic carbocycles. The molecule has 2 heterocycles. The minimum atomic E-state index is -0.237. The Morgan fingerprint density at radius 3 is 2.70 bits per heavy atom. The van der Waals surface area contributed by atoms with Gasteiger partial charge in [0.05, 0.1) is 24.5 Å². The lowest BCUT2D eigenvalue weighted by molar-refractivity contribution is 0.295. The number of hydrogen-bond donors (Lipinski definition) is 1. The molecule has 1 aliphatic heterocycles. The first kappa shape index (κ1) is 17.3. The second-order valence-electron chi connectivity index (χ2n) is 6.40. The van der Waals surface area contributed by atoms with Crippen LogP contribution in [0.1, 0.15) is 29.8 Å². The largest absolute Gasteiger partial charge is 0.493 e. The number of aromatic nitrogens is 3. The van der Waals surface area contributed by atoms with Crippen molar-refractivity contribution in [3.05, 3.63) is 83.4 Å². The molecule has 138 valence electrons. The van der Waals surface area contributed by atoms with Crippen molar-refractivity contribution in [2.24, 2.45) is 0 Å². The standard InChI is InChI=1S/C21H21FN4O/c1-2-27-21-13-20(15-7-9-16(22)10-8-15)26(12-11-17-14-23-25-24-17)19-6-4-3-5-18(19)21/h3-10,13-14,20H,2,11-12H2,1H3,(H,23,24,25). The van der Waals surface area contributed by atoms with Crippen LogP contribution in [0.3, 0.4) is 0 Å². The zero-order valence-corrected chi connectivity index (χ0v) is 15.1. The van der Waals surface area contributed by atoms with E-state index in [1.165, 1.54) is 12.1 Å². The highest BCUT2D eigenvalue weighted by Gasteiger charge is 2.28. The number of halogens is 1. The predicted octanol–water partition coefficient (Wildman–Crippen LogP) is 4.13. The molecule has 1 atom stereocenters. The molecule has 0 saturated carbocycles. The van der Waals surface area contributed by atoms with Crippen molar-refractivity contribution in [3.63, 3.8) is 0 Å². The van der Waals surface area contributed by atoms with E-state index in [4.69, 9.17) is 4.74 Å². The molecule has 27 heavy (non-hydrogen) atoms. The first-order valence-electron chi connectivity index (χ1n) is 9.07. The number of para-hydroxylation sites is 1. The summed E-state index contributed by atoms with van der Waals surface area (Å²) in [6.07, 6.45) is 4.63. The lowest BCUT2D eigenvalue weighted by Gasteiger charge is -2.37. The molecule has 0 aliphatic carbocycles. The summed E-state index contributed by atoms with van der Waals surface area (Å²) in [5, 5.41) is 10.6. The van der Waals surface area contributed by atoms with Crippen LogP contribution in [0.2, 0.25) is 0 Å². The van der Waals surface area contributed by atoms with Gasteiger partial charge in [-0.3, -0.25) is 5.10 Å². The van der Waals surface area contributed by atoms with Gasteiger partial charge < -0.3 is 9.64 Å². The summed E-state index contributed by atoms with van der Waals surface area (Å²) >= 11 is 0. The molecule has 6 heteroatoms. The number of rotatable bonds is 6. The maximum Gasteiger partial charge on any atom is 0.126 e. The van der Waals surface area contributed by atoms with Gasteiger partial charge in [0.1, 0.15) is 11.6 Å². The molecule has 4 rings (SSSR count). The smallest absolute Gasteiger partial charge is 0.126 e. The Kier molecular flexibility index (Phi) is 4.87. The molecular weight excluding hydrogens is 343 g/mol. The third kappa shape index (κ3) is 3.56. The van der Waals surface area contributed by atoms with Crippen LogP contribution in [0.15, 0.2) is 60.8 Å². The van der Waals surface area contributed by atoms with E-state index in [1.54, 1.807) is 6.20 Å². The van der Waals surface area contributed by atoms with E-state index in [1.807, 2.05) is 31.2 Å². The van der Waals surface area contributed by atoms with Gasteiger partial charge in [-0.05, 0) is 42.8 Å². The first-order valence-corrected chi connectivity index (χ1v) is 9.07. The van der Waals surface area contributed by atoms with Gasteiger partial charge in [0.2, 0.25) is 0 Å². The molecule has 0 amide bonds. The fraction of sp³-hybridized carbons (Fsp3) is 0.238. The summed E-state index contributed by atoms with van der Waals surface area (Å²) < 4.78 is 19.4. The maximum absolute atomic E-state index is 13.4. The summed E-state index contributed by atoms with van der Waals surface area (Å²) in [5.74, 6) is 0.626. The van der Waals surface area contributed by atoms with Crippen LogP contribution in [-0.2, 0) is 11.2 Å². The zero-order chi connectivity index (χ0) is 18.6. The Balaban J connectivity index is 1.74. The number of benzene rings is 2. The van der Waals surface area contributed by atoms with Crippen LogP contribution < -0.4 is 4.90 Å². The monoisotopic (exact) mass is 364 g/mol. The molecule has 1 N–H and O–H groups in total. The van der Waals surface area contributed by atoms with Gasteiger partial charge in [-0.25, -0.2) is 4.39 Å². The van der Waals surface area contributed by atoms with Gasteiger partial charge in [-0.1, -0.05) is 29.5 Å². The molecule has 3 aromatic rings. The number of anilines is 1. The Morgan fingerprint density at radius 1 is 1.15 bits per heavy atom. The van der Waals surface area contributed by atoms with Gasteiger partial charge in [0.25, 0.3) is 0 Å². The van der Waals surface area contributed by atoms with Crippen LogP contribution in [0.4, 0.5) is 10.1 Å². The van der Waals surface area contributed by atoms with Crippen molar-refractivity contribution in [1.29, 1.82) is 0 Å². The number of ether oxygens (including phenoxy) is 1. The minimum Gasteiger partial charge on any atom is -0.493 e. The Labute approximate surface area is 157 Å². The van der Waals surface area contributed by atoms with Crippen molar-refractivity contribution < 1.29 is 9.13 Å². The number of fused-ring (bicyclic) bond motifs is 1. The van der Waals surface area contributed by atoms with E-state index < -0.39 is 0 Å². The van der Waals surface area contributed by atoms with E-state index in [0.717, 1.165) is 41.2 Å². The topological polar surface area (TPSA) is 54.0 Å². The highest BCUT2D eigenvalue weighted by molar-refractivity contribution is 5.78. The number of H-pyrrole nitrogens is 1. The number of hydrogen-bond acceptors (Lipinski definition) is 4. The Morgan fingerprint density at radius 2 is 1.96 bits per heavy atom. The molecule has 0 bridgehead atoms. The predicted molar refractivity (Wildman–Crippen MR) is 103 cm³/mol. The van der Waals surface area contributed by atoms with Crippen molar-refractivity contribution in [3.8, 4) is 0 Å². The lowest BCUT2D eigenvalue weighted by Crippen LogP contribution is -2.33. The minimum absolute atomic E-state index is 0.0436. The van der Waals surface area contributed by atoms with Crippen molar-refractivity contribution in [2.45, 2.75) is 19.4 Å². The molecule has 0 radical (unpaired) electrons. The van der Waals surface area contributed by atoms with Gasteiger partial charge in [0, 0.05) is 24.2 Å². The van der Waals surface area contributed by atoms with Gasteiger partial charge in [-0.15, -0.1) is 5.10 Å². The third-order valence-corrected chi connectivity index (χ3v) is 4.72. The van der Waals surface area contributed by atoms with E-state index in [9.17, 15) is 4.39 Å². The number of nitrogens with zero attached hydrogens (tertiary/aromatic N) is 3. The van der Waals surface area contributed by atoms with E-state index >= 15 is 0 Å². The summed E-state index contributed by atoms with van der Waals surface area (Å²) in [6.45, 7) is 3.34. The van der Waals surface area contributed by atoms with E-state index in [2.05, 4.69) is 38.5 Å². The highest BCUT2D eigenvalue weighted by atomic mass is 19.1. The molecule has 5 nitrogen and oxygen atoms in total. The zero-order valence-electron chi connectivity index (χ0n) is 15.1. The average molecular weight is 364 g/mol. The van der Waals surface area contributed by atoms with Crippen LogP contribution in [0.5, 0.6) is 0 Å². The Hall–Kier alpha value is -3.15. The molecular formula is C21H21FN4O.